The minimum atomic E-state index is -1.63. The van der Waals surface area contributed by atoms with Gasteiger partial charge >= 0.3 is 121 Å². The van der Waals surface area contributed by atoms with Crippen LogP contribution in [0.3, 0.4) is 0 Å². The van der Waals surface area contributed by atoms with Crippen molar-refractivity contribution < 1.29 is 32.5 Å². The van der Waals surface area contributed by atoms with Gasteiger partial charge in [-0.3, -0.25) is 0 Å². The topological polar surface area (TPSA) is 98.7 Å². The number of urea groups is 1. The number of allylic oxidation sites excluding steroid dienone is 1. The fourth-order valence-electron chi connectivity index (χ4n) is 1.24. The zero-order valence-electron chi connectivity index (χ0n) is 11.1. The molecule has 113 valence electrons. The van der Waals surface area contributed by atoms with E-state index in [0.717, 1.165) is 0 Å². The molecule has 1 aromatic rings. The molecule has 1 unspecified atom stereocenters. The molecule has 0 aliphatic carbocycles. The number of amides is 2. The molecule has 0 fully saturated rings. The number of hydrogen-bond donors (Lipinski definition) is 4. The molecule has 0 saturated heterocycles. The Hall–Kier alpha value is -1.70. The van der Waals surface area contributed by atoms with Crippen LogP contribution in [-0.2, 0) is 17.5 Å². The van der Waals surface area contributed by atoms with Gasteiger partial charge in [0, 0.05) is 0 Å². The predicted molar refractivity (Wildman–Crippen MR) is 71.4 cm³/mol. The normalized spacial score (nSPS) is 12.4. The fraction of sp³-hybridized carbons (Fsp3) is 0.308. The van der Waals surface area contributed by atoms with Crippen LogP contribution < -0.4 is 10.6 Å². The van der Waals surface area contributed by atoms with E-state index in [1.807, 2.05) is 0 Å². The molecule has 0 radical (unpaired) electrons. The Labute approximate surface area is 121 Å². The summed E-state index contributed by atoms with van der Waals surface area (Å²) in [6, 6.07) is 5.50. The Bertz CT molecular complexity index is 502. The molecule has 0 spiro atoms. The van der Waals surface area contributed by atoms with Crippen molar-refractivity contribution in [3.05, 3.63) is 35.4 Å². The summed E-state index contributed by atoms with van der Waals surface area (Å²) in [6.07, 6.45) is -0.889. The molecule has 0 heterocycles. The average molecular weight is 325 g/mol. The van der Waals surface area contributed by atoms with Crippen molar-refractivity contribution in [1.82, 2.24) is 5.32 Å². The van der Waals surface area contributed by atoms with Gasteiger partial charge in [-0.2, -0.15) is 0 Å². The summed E-state index contributed by atoms with van der Waals surface area (Å²) >= 11 is -1.63. The predicted octanol–water partition coefficient (Wildman–Crippen LogP) is 1.79. The van der Waals surface area contributed by atoms with E-state index in [0.29, 0.717) is 10.2 Å². The third-order valence-corrected chi connectivity index (χ3v) is 4.09. The number of aromatic hydroxyl groups is 1. The van der Waals surface area contributed by atoms with Crippen LogP contribution in [0.1, 0.15) is 6.92 Å². The van der Waals surface area contributed by atoms with Crippen molar-refractivity contribution >= 4 is 11.7 Å². The number of phenolic OH excluding ortho intramolecular Hbond substituents is 1. The van der Waals surface area contributed by atoms with Crippen molar-refractivity contribution in [3.8, 4) is 5.75 Å². The molecule has 0 bridgehead atoms. The van der Waals surface area contributed by atoms with Gasteiger partial charge in [-0.05, 0) is 0 Å². The van der Waals surface area contributed by atoms with Gasteiger partial charge in [0.2, 0.25) is 0 Å². The van der Waals surface area contributed by atoms with Gasteiger partial charge < -0.3 is 0 Å². The molecule has 6 nitrogen and oxygen atoms in total. The van der Waals surface area contributed by atoms with Crippen LogP contribution in [0.2, 0.25) is 5.36 Å². The van der Waals surface area contributed by atoms with Crippen molar-refractivity contribution in [1.29, 1.82) is 0 Å². The molecule has 1 aromatic carbocycles. The Balaban J connectivity index is 2.34. The Morgan fingerprint density at radius 1 is 1.40 bits per heavy atom. The van der Waals surface area contributed by atoms with Gasteiger partial charge in [-0.15, -0.1) is 0 Å². The molecular formula is C13H18CoN2O4. The van der Waals surface area contributed by atoms with E-state index in [9.17, 15) is 13.8 Å². The van der Waals surface area contributed by atoms with E-state index in [2.05, 4.69) is 17.2 Å². The van der Waals surface area contributed by atoms with E-state index in [-0.39, 0.29) is 17.6 Å². The zero-order chi connectivity index (χ0) is 15.1. The number of carbonyl (C=O) groups is 1. The summed E-state index contributed by atoms with van der Waals surface area (Å²) in [6.45, 7) is 5.18. The van der Waals surface area contributed by atoms with Crippen molar-refractivity contribution in [2.75, 3.05) is 11.9 Å². The van der Waals surface area contributed by atoms with Gasteiger partial charge in [-0.25, -0.2) is 0 Å². The first-order chi connectivity index (χ1) is 9.38. The van der Waals surface area contributed by atoms with E-state index in [1.54, 1.807) is 19.1 Å². The van der Waals surface area contributed by atoms with Gasteiger partial charge in [0.15, 0.2) is 0 Å². The van der Waals surface area contributed by atoms with Crippen LogP contribution in [0.15, 0.2) is 35.4 Å². The maximum absolute atomic E-state index is 11.5. The number of carbonyl (C=O) groups excluding carboxylic acids is 1. The molecule has 0 saturated carbocycles. The molecule has 1 rings (SSSR count). The molecule has 7 heteroatoms. The molecule has 20 heavy (non-hydrogen) atoms. The first-order valence-corrected chi connectivity index (χ1v) is 7.50. The van der Waals surface area contributed by atoms with Crippen LogP contribution in [0, 0.1) is 0 Å². The number of aliphatic hydroxyl groups is 1. The second kappa shape index (κ2) is 7.78. The van der Waals surface area contributed by atoms with Gasteiger partial charge in [-0.1, -0.05) is 0 Å². The number of phenols is 1. The summed E-state index contributed by atoms with van der Waals surface area (Å²) in [4.78, 5) is 11.5. The summed E-state index contributed by atoms with van der Waals surface area (Å²) in [5.41, 5.74) is 0.516. The second-order valence-electron chi connectivity index (χ2n) is 4.09. The van der Waals surface area contributed by atoms with Crippen LogP contribution in [0.4, 0.5) is 10.5 Å². The van der Waals surface area contributed by atoms with Gasteiger partial charge in [0.25, 0.3) is 0 Å². The minimum absolute atomic E-state index is 0.00229. The Kier molecular flexibility index (Phi) is 6.36. The number of rotatable bonds is 6. The van der Waals surface area contributed by atoms with E-state index < -0.39 is 25.7 Å². The molecule has 0 aromatic heterocycles. The first-order valence-electron chi connectivity index (χ1n) is 5.82. The van der Waals surface area contributed by atoms with Crippen molar-refractivity contribution in [2.45, 2.75) is 18.4 Å². The monoisotopic (exact) mass is 325 g/mol. The maximum atomic E-state index is 11.5. The molecule has 0 aliphatic heterocycles. The summed E-state index contributed by atoms with van der Waals surface area (Å²) < 4.78 is 12.0. The van der Waals surface area contributed by atoms with Crippen LogP contribution in [-0.4, -0.2) is 28.9 Å². The second-order valence-corrected chi connectivity index (χ2v) is 6.29. The quantitative estimate of drug-likeness (QED) is 0.599. The van der Waals surface area contributed by atoms with Crippen LogP contribution in [0.25, 0.3) is 0 Å². The molecule has 1 atom stereocenters. The van der Waals surface area contributed by atoms with Gasteiger partial charge in [0.1, 0.15) is 0 Å². The number of aliphatic hydroxyl groups excluding tert-OH is 1. The van der Waals surface area contributed by atoms with E-state index in [4.69, 9.17) is 5.11 Å². The van der Waals surface area contributed by atoms with E-state index >= 15 is 0 Å². The molecular weight excluding hydrogens is 307 g/mol. The molecule has 4 N–H and O–H groups in total. The summed E-state index contributed by atoms with van der Waals surface area (Å²) in [7, 11) is 0. The number of anilines is 1. The number of hydrogen-bond acceptors (Lipinski definition) is 4. The fourth-order valence-corrected chi connectivity index (χ4v) is 2.20. The number of benzene rings is 1. The molecule has 0 aliphatic rings. The van der Waals surface area contributed by atoms with Crippen molar-refractivity contribution in [3.63, 3.8) is 0 Å². The Morgan fingerprint density at radius 3 is 2.55 bits per heavy atom. The Morgan fingerprint density at radius 2 is 2.00 bits per heavy atom. The third-order valence-electron chi connectivity index (χ3n) is 2.22. The SMILES string of the molecule is C=[C](C)[Co](=[O])[CH2]C(O)CNC(=O)Nc1ccc(O)cc1. The average Bonchev–Trinajstić information content (AvgIpc) is 2.39. The van der Waals surface area contributed by atoms with Crippen LogP contribution >= 0.6 is 0 Å². The summed E-state index contributed by atoms with van der Waals surface area (Å²) in [5, 5.41) is 23.8. The summed E-state index contributed by atoms with van der Waals surface area (Å²) in [5.74, 6) is 0.106. The standard InChI is InChI=1S/C10H13N2O3.C3H5.Co.O/c1-7(13)6-11-10(15)12-8-2-4-9(14)5-3-8;1-3-2;;/h2-5,7,13-14H,1,6H2,(H2,11,12,15);1H2,2H3;;. The van der Waals surface area contributed by atoms with E-state index in [1.165, 1.54) is 12.1 Å². The zero-order valence-corrected chi connectivity index (χ0v) is 12.1. The van der Waals surface area contributed by atoms with Gasteiger partial charge in [0.05, 0.1) is 0 Å². The number of nitrogens with one attached hydrogen (secondary N) is 2. The molecule has 2 amide bonds. The first kappa shape index (κ1) is 16.4. The van der Waals surface area contributed by atoms with Crippen molar-refractivity contribution in [2.24, 2.45) is 0 Å². The van der Waals surface area contributed by atoms with Crippen LogP contribution in [0.5, 0.6) is 5.75 Å². The third kappa shape index (κ3) is 5.96.